The number of aliphatic hydroxyl groups excluding tert-OH is 6. The maximum absolute atomic E-state index is 12.7. The SMILES string of the molecule is C[C@@H]1O[C@@H](O[C@@H]2[C@@H](CNC(=O)Nc3ccccc3)OCC[C@H]2O[C@@H]2O[C@H](CO)[C@H](O)[C@H](O[C@@H](CC3CCCCC3)C(=O)O)[C@H]2O)[C@@H](O)[C@H](O)[C@@H]1O. The average Bonchev–Trinajstić information content (AvgIpc) is 3.12. The quantitative estimate of drug-likeness (QED) is 0.123. The number of amides is 2. The second kappa shape index (κ2) is 18.5. The summed E-state index contributed by atoms with van der Waals surface area (Å²) in [5.41, 5.74) is 0.540. The molecule has 0 aromatic heterocycles. The second-order valence-corrected chi connectivity index (χ2v) is 13.7. The molecule has 0 bridgehead atoms. The van der Waals surface area contributed by atoms with Crippen molar-refractivity contribution < 1.29 is 73.8 Å². The Hall–Kier alpha value is -2.52. The van der Waals surface area contributed by atoms with Gasteiger partial charge in [-0.1, -0.05) is 50.3 Å². The van der Waals surface area contributed by atoms with Crippen LogP contribution in [0.5, 0.6) is 0 Å². The zero-order valence-corrected chi connectivity index (χ0v) is 28.5. The first kappa shape index (κ1) is 39.7. The highest BCUT2D eigenvalue weighted by Gasteiger charge is 2.51. The lowest BCUT2D eigenvalue weighted by molar-refractivity contribution is -0.355. The van der Waals surface area contributed by atoms with Crippen LogP contribution in [-0.4, -0.2) is 153 Å². The molecule has 17 heteroatoms. The summed E-state index contributed by atoms with van der Waals surface area (Å²) in [6, 6.07) is 8.15. The first-order valence-electron chi connectivity index (χ1n) is 17.7. The van der Waals surface area contributed by atoms with Crippen molar-refractivity contribution in [1.82, 2.24) is 5.32 Å². The molecular weight excluding hydrogens is 676 g/mol. The maximum atomic E-state index is 12.7. The number of anilines is 1. The minimum Gasteiger partial charge on any atom is -0.479 e. The smallest absolute Gasteiger partial charge is 0.332 e. The molecule has 0 spiro atoms. The third-order valence-corrected chi connectivity index (χ3v) is 10.1. The Morgan fingerprint density at radius 3 is 2.24 bits per heavy atom. The van der Waals surface area contributed by atoms with E-state index in [0.29, 0.717) is 5.69 Å². The monoisotopic (exact) mass is 728 g/mol. The van der Waals surface area contributed by atoms with Crippen molar-refractivity contribution in [3.05, 3.63) is 30.3 Å². The van der Waals surface area contributed by atoms with Gasteiger partial charge >= 0.3 is 12.0 Å². The molecule has 288 valence electrons. The van der Waals surface area contributed by atoms with Crippen LogP contribution >= 0.6 is 0 Å². The highest BCUT2D eigenvalue weighted by molar-refractivity contribution is 5.89. The number of carboxylic acid groups (broad SMARTS) is 1. The zero-order valence-electron chi connectivity index (χ0n) is 28.5. The van der Waals surface area contributed by atoms with E-state index in [9.17, 15) is 45.3 Å². The first-order valence-corrected chi connectivity index (χ1v) is 17.7. The lowest BCUT2D eigenvalue weighted by atomic mass is 9.85. The Balaban J connectivity index is 1.33. The molecular formula is C34H52N2O15. The van der Waals surface area contributed by atoms with Gasteiger partial charge in [0, 0.05) is 18.8 Å². The van der Waals surface area contributed by atoms with E-state index in [1.54, 1.807) is 30.3 Å². The number of hydrogen-bond acceptors (Lipinski definition) is 14. The number of nitrogens with one attached hydrogen (secondary N) is 2. The molecule has 1 aliphatic carbocycles. The van der Waals surface area contributed by atoms with E-state index in [2.05, 4.69) is 10.6 Å². The van der Waals surface area contributed by atoms with Crippen LogP contribution in [0.3, 0.4) is 0 Å². The number of carboxylic acids is 1. The van der Waals surface area contributed by atoms with E-state index < -0.39 is 104 Å². The van der Waals surface area contributed by atoms with Gasteiger partial charge in [0.25, 0.3) is 0 Å². The number of rotatable bonds is 13. The summed E-state index contributed by atoms with van der Waals surface area (Å²) in [6.07, 6.45) is -14.2. The third kappa shape index (κ3) is 10.1. The predicted molar refractivity (Wildman–Crippen MR) is 175 cm³/mol. The van der Waals surface area contributed by atoms with Crippen LogP contribution in [0.25, 0.3) is 0 Å². The minimum atomic E-state index is -1.72. The molecule has 1 aromatic carbocycles. The molecule has 1 saturated carbocycles. The Morgan fingerprint density at radius 2 is 1.55 bits per heavy atom. The normalized spacial score (nSPS) is 38.5. The predicted octanol–water partition coefficient (Wildman–Crippen LogP) is -0.557. The fraction of sp³-hybridized carbons (Fsp3) is 0.765. The lowest BCUT2D eigenvalue weighted by Gasteiger charge is -2.47. The molecule has 3 heterocycles. The number of aliphatic hydroxyl groups is 6. The Labute approximate surface area is 295 Å². The molecule has 4 fully saturated rings. The van der Waals surface area contributed by atoms with Gasteiger partial charge in [0.2, 0.25) is 0 Å². The number of urea groups is 1. The van der Waals surface area contributed by atoms with Crippen LogP contribution in [0.2, 0.25) is 0 Å². The molecule has 51 heavy (non-hydrogen) atoms. The molecule has 14 atom stereocenters. The number of hydrogen-bond donors (Lipinski definition) is 9. The molecule has 0 radical (unpaired) electrons. The summed E-state index contributed by atoms with van der Waals surface area (Å²) in [5, 5.41) is 79.3. The number of ether oxygens (including phenoxy) is 6. The largest absolute Gasteiger partial charge is 0.479 e. The standard InChI is InChI=1S/C34H52N2O15/c1-17-24(38)26(40)27(41)32(47-17)51-29-20(12-13-46-22(29)15-35-34(45)36-19-10-6-3-7-11-19)49-33-28(42)30(25(39)23(16-37)50-33)48-21(31(43)44)14-18-8-4-2-5-9-18/h3,6-7,10-11,17-18,20-30,32-33,37-42H,2,4-5,8-9,12-16H2,1H3,(H,43,44)(H2,35,36,45)/t17-,20+,21-,22+,23+,24+,25-,26+,27-,28+,29-,30-,32-,33+/m0/s1. The number of para-hydroxylation sites is 1. The third-order valence-electron chi connectivity index (χ3n) is 10.1. The number of aliphatic carboxylic acids is 1. The van der Waals surface area contributed by atoms with Gasteiger partial charge in [-0.2, -0.15) is 0 Å². The molecule has 0 unspecified atom stereocenters. The highest BCUT2D eigenvalue weighted by Crippen LogP contribution is 2.34. The summed E-state index contributed by atoms with van der Waals surface area (Å²) >= 11 is 0. The van der Waals surface area contributed by atoms with Gasteiger partial charge in [-0.05, 0) is 37.8 Å². The van der Waals surface area contributed by atoms with E-state index in [1.165, 1.54) is 6.92 Å². The topological polar surface area (TPSA) is 255 Å². The molecule has 1 aromatic rings. The van der Waals surface area contributed by atoms with Crippen LogP contribution in [0.15, 0.2) is 30.3 Å². The van der Waals surface area contributed by atoms with E-state index in [1.807, 2.05) is 0 Å². The molecule has 3 aliphatic heterocycles. The number of carbonyl (C=O) groups is 2. The number of benzene rings is 1. The van der Waals surface area contributed by atoms with Gasteiger partial charge in [0.15, 0.2) is 18.7 Å². The van der Waals surface area contributed by atoms with E-state index in [4.69, 9.17) is 28.4 Å². The summed E-state index contributed by atoms with van der Waals surface area (Å²) in [4.78, 5) is 25.0. The van der Waals surface area contributed by atoms with Gasteiger partial charge in [0.1, 0.15) is 54.9 Å². The Kier molecular flexibility index (Phi) is 14.4. The van der Waals surface area contributed by atoms with Crippen molar-refractivity contribution in [2.45, 2.75) is 138 Å². The Bertz CT molecular complexity index is 1240. The maximum Gasteiger partial charge on any atom is 0.332 e. The molecule has 17 nitrogen and oxygen atoms in total. The molecule has 3 saturated heterocycles. The molecule has 5 rings (SSSR count). The van der Waals surface area contributed by atoms with Crippen LogP contribution < -0.4 is 10.6 Å². The Morgan fingerprint density at radius 1 is 0.843 bits per heavy atom. The second-order valence-electron chi connectivity index (χ2n) is 13.7. The summed E-state index contributed by atoms with van der Waals surface area (Å²) in [7, 11) is 0. The fourth-order valence-corrected chi connectivity index (χ4v) is 7.13. The van der Waals surface area contributed by atoms with E-state index in [-0.39, 0.29) is 31.9 Å². The van der Waals surface area contributed by atoms with Gasteiger partial charge in [-0.25, -0.2) is 9.59 Å². The van der Waals surface area contributed by atoms with Gasteiger partial charge in [0.05, 0.1) is 18.8 Å². The van der Waals surface area contributed by atoms with Crippen LogP contribution in [0.1, 0.15) is 51.9 Å². The lowest BCUT2D eigenvalue weighted by Crippen LogP contribution is -2.64. The van der Waals surface area contributed by atoms with Gasteiger partial charge in [-0.15, -0.1) is 0 Å². The molecule has 2 amide bonds. The van der Waals surface area contributed by atoms with Crippen molar-refractivity contribution in [2.75, 3.05) is 25.1 Å². The highest BCUT2D eigenvalue weighted by atomic mass is 16.7. The van der Waals surface area contributed by atoms with Crippen molar-refractivity contribution >= 4 is 17.7 Å². The van der Waals surface area contributed by atoms with E-state index >= 15 is 0 Å². The summed E-state index contributed by atoms with van der Waals surface area (Å²) < 4.78 is 35.7. The molecule has 9 N–H and O–H groups in total. The summed E-state index contributed by atoms with van der Waals surface area (Å²) in [5.74, 6) is -1.14. The number of carbonyl (C=O) groups excluding carboxylic acids is 1. The van der Waals surface area contributed by atoms with Crippen LogP contribution in [-0.2, 0) is 33.2 Å². The summed E-state index contributed by atoms with van der Waals surface area (Å²) in [6.45, 7) is 0.733. The van der Waals surface area contributed by atoms with Crippen molar-refractivity contribution in [1.29, 1.82) is 0 Å². The van der Waals surface area contributed by atoms with Gasteiger partial charge in [-0.3, -0.25) is 0 Å². The van der Waals surface area contributed by atoms with Crippen molar-refractivity contribution in [2.24, 2.45) is 5.92 Å². The zero-order chi connectivity index (χ0) is 36.7. The van der Waals surface area contributed by atoms with Crippen LogP contribution in [0, 0.1) is 5.92 Å². The molecule has 4 aliphatic rings. The fourth-order valence-electron chi connectivity index (χ4n) is 7.13. The van der Waals surface area contributed by atoms with Crippen LogP contribution in [0.4, 0.5) is 10.5 Å². The van der Waals surface area contributed by atoms with E-state index in [0.717, 1.165) is 32.1 Å². The van der Waals surface area contributed by atoms with Crippen molar-refractivity contribution in [3.8, 4) is 0 Å². The van der Waals surface area contributed by atoms with Crippen molar-refractivity contribution in [3.63, 3.8) is 0 Å². The van der Waals surface area contributed by atoms with Gasteiger partial charge < -0.3 is 74.8 Å². The first-order chi connectivity index (χ1) is 24.5. The average molecular weight is 729 g/mol. The minimum absolute atomic E-state index is 0.0836.